The molecule has 1 aliphatic rings. The van der Waals surface area contributed by atoms with Crippen LogP contribution < -0.4 is 9.64 Å². The Hall–Kier alpha value is -1.96. The van der Waals surface area contributed by atoms with Gasteiger partial charge in [0.1, 0.15) is 5.75 Å². The first-order valence-corrected chi connectivity index (χ1v) is 13.2. The summed E-state index contributed by atoms with van der Waals surface area (Å²) in [7, 11) is 1.79. The predicted octanol–water partition coefficient (Wildman–Crippen LogP) is 8.75. The first kappa shape index (κ1) is 24.7. The fourth-order valence-corrected chi connectivity index (χ4v) is 5.47. The Kier molecular flexibility index (Phi) is 9.08. The number of fused-ring (bicyclic) bond motifs is 3. The highest BCUT2D eigenvalue weighted by Gasteiger charge is 2.42. The summed E-state index contributed by atoms with van der Waals surface area (Å²) in [6.07, 6.45) is 12.5. The van der Waals surface area contributed by atoms with Crippen LogP contribution in [0.2, 0.25) is 0 Å². The van der Waals surface area contributed by atoms with Crippen molar-refractivity contribution >= 4 is 5.69 Å². The molecule has 0 amide bonds. The highest BCUT2D eigenvalue weighted by atomic mass is 16.5. The van der Waals surface area contributed by atoms with Crippen LogP contribution in [-0.4, -0.2) is 20.2 Å². The van der Waals surface area contributed by atoms with E-state index in [2.05, 4.69) is 69.0 Å². The molecular formula is C30H45NO. The van der Waals surface area contributed by atoms with Crippen molar-refractivity contribution in [2.24, 2.45) is 0 Å². The number of rotatable bonds is 14. The molecule has 0 aromatic heterocycles. The Morgan fingerprint density at radius 1 is 0.688 bits per heavy atom. The number of nitrogens with zero attached hydrogens (tertiary/aromatic N) is 1. The van der Waals surface area contributed by atoms with Gasteiger partial charge in [-0.2, -0.15) is 0 Å². The van der Waals surface area contributed by atoms with Gasteiger partial charge in [-0.3, -0.25) is 0 Å². The minimum atomic E-state index is 0.114. The largest absolute Gasteiger partial charge is 0.497 e. The number of ether oxygens (including phenoxy) is 1. The van der Waals surface area contributed by atoms with Gasteiger partial charge in [0.2, 0.25) is 0 Å². The second-order valence-electron chi connectivity index (χ2n) is 9.62. The molecule has 0 spiro atoms. The van der Waals surface area contributed by atoms with Gasteiger partial charge in [-0.25, -0.2) is 0 Å². The lowest BCUT2D eigenvalue weighted by molar-refractivity contribution is 0.400. The van der Waals surface area contributed by atoms with Crippen LogP contribution in [0.15, 0.2) is 36.4 Å². The summed E-state index contributed by atoms with van der Waals surface area (Å²) in [5.41, 5.74) is 7.47. The molecule has 0 radical (unpaired) electrons. The van der Waals surface area contributed by atoms with E-state index in [4.69, 9.17) is 4.74 Å². The summed E-state index contributed by atoms with van der Waals surface area (Å²) < 4.78 is 5.68. The first-order chi connectivity index (χ1) is 15.6. The van der Waals surface area contributed by atoms with E-state index < -0.39 is 0 Å². The first-order valence-electron chi connectivity index (χ1n) is 13.2. The number of methoxy groups -OCH3 is 1. The van der Waals surface area contributed by atoms with E-state index in [1.54, 1.807) is 12.7 Å². The Morgan fingerprint density at radius 3 is 1.75 bits per heavy atom. The molecule has 2 aromatic carbocycles. The van der Waals surface area contributed by atoms with E-state index in [-0.39, 0.29) is 5.41 Å². The zero-order chi connectivity index (χ0) is 23.0. The molecule has 1 aliphatic carbocycles. The lowest BCUT2D eigenvalue weighted by atomic mass is 9.70. The van der Waals surface area contributed by atoms with E-state index in [9.17, 15) is 0 Å². The van der Waals surface area contributed by atoms with Gasteiger partial charge >= 0.3 is 0 Å². The summed E-state index contributed by atoms with van der Waals surface area (Å²) in [6, 6.07) is 14.2. The molecule has 0 saturated heterocycles. The quantitative estimate of drug-likeness (QED) is 0.294. The number of benzene rings is 2. The molecule has 0 saturated carbocycles. The molecule has 2 heteroatoms. The summed E-state index contributed by atoms with van der Waals surface area (Å²) in [4.78, 5) is 2.64. The summed E-state index contributed by atoms with van der Waals surface area (Å²) in [6.45, 7) is 11.6. The SMILES string of the molecule is CCCCN(CCCC)c1ccc2c(c1)C(CCCC)(CCCC)c1cc(OC)ccc1-2. The Morgan fingerprint density at radius 2 is 1.22 bits per heavy atom. The van der Waals surface area contributed by atoms with Crippen molar-refractivity contribution in [2.75, 3.05) is 25.1 Å². The van der Waals surface area contributed by atoms with Crippen molar-refractivity contribution in [2.45, 2.75) is 97.3 Å². The third-order valence-corrected chi connectivity index (χ3v) is 7.39. The lowest BCUT2D eigenvalue weighted by Crippen LogP contribution is -2.28. The van der Waals surface area contributed by atoms with Crippen molar-refractivity contribution in [1.29, 1.82) is 0 Å². The van der Waals surface area contributed by atoms with Crippen LogP contribution in [-0.2, 0) is 5.41 Å². The number of anilines is 1. The van der Waals surface area contributed by atoms with E-state index in [1.165, 1.54) is 86.6 Å². The third kappa shape index (κ3) is 5.00. The van der Waals surface area contributed by atoms with Crippen LogP contribution in [0.5, 0.6) is 5.75 Å². The maximum Gasteiger partial charge on any atom is 0.119 e. The summed E-state index contributed by atoms with van der Waals surface area (Å²) in [5.74, 6) is 0.988. The Bertz CT molecular complexity index is 840. The van der Waals surface area contributed by atoms with Crippen molar-refractivity contribution < 1.29 is 4.74 Å². The molecule has 0 N–H and O–H groups in total. The molecule has 0 bridgehead atoms. The van der Waals surface area contributed by atoms with Crippen molar-refractivity contribution in [3.05, 3.63) is 47.5 Å². The number of hydrogen-bond donors (Lipinski definition) is 0. The van der Waals surface area contributed by atoms with Gasteiger partial charge in [-0.15, -0.1) is 0 Å². The van der Waals surface area contributed by atoms with Crippen LogP contribution in [0.1, 0.15) is 103 Å². The van der Waals surface area contributed by atoms with Crippen molar-refractivity contribution in [1.82, 2.24) is 0 Å². The highest BCUT2D eigenvalue weighted by molar-refractivity contribution is 5.83. The van der Waals surface area contributed by atoms with E-state index in [0.717, 1.165) is 18.8 Å². The van der Waals surface area contributed by atoms with E-state index in [1.807, 2.05) is 0 Å². The fraction of sp³-hybridized carbons (Fsp3) is 0.600. The Labute approximate surface area is 197 Å². The fourth-order valence-electron chi connectivity index (χ4n) is 5.47. The zero-order valence-electron chi connectivity index (χ0n) is 21.3. The van der Waals surface area contributed by atoms with Gasteiger partial charge < -0.3 is 9.64 Å². The van der Waals surface area contributed by atoms with Crippen LogP contribution in [0.4, 0.5) is 5.69 Å². The molecule has 0 atom stereocenters. The molecule has 0 unspecified atom stereocenters. The summed E-state index contributed by atoms with van der Waals surface area (Å²) in [5, 5.41) is 0. The summed E-state index contributed by atoms with van der Waals surface area (Å²) >= 11 is 0. The average Bonchev–Trinajstić information content (AvgIpc) is 3.10. The molecule has 176 valence electrons. The highest BCUT2D eigenvalue weighted by Crippen LogP contribution is 2.55. The molecule has 0 heterocycles. The third-order valence-electron chi connectivity index (χ3n) is 7.39. The molecule has 32 heavy (non-hydrogen) atoms. The normalized spacial score (nSPS) is 13.7. The Balaban J connectivity index is 2.13. The van der Waals surface area contributed by atoms with Crippen molar-refractivity contribution in [3.8, 4) is 16.9 Å². The van der Waals surface area contributed by atoms with Gasteiger partial charge in [-0.05, 0) is 72.2 Å². The molecule has 2 aromatic rings. The second-order valence-corrected chi connectivity index (χ2v) is 9.62. The van der Waals surface area contributed by atoms with Gasteiger partial charge in [-0.1, -0.05) is 78.4 Å². The van der Waals surface area contributed by atoms with E-state index >= 15 is 0 Å². The van der Waals surface area contributed by atoms with Crippen molar-refractivity contribution in [3.63, 3.8) is 0 Å². The van der Waals surface area contributed by atoms with E-state index in [0.29, 0.717) is 0 Å². The maximum absolute atomic E-state index is 5.68. The average molecular weight is 436 g/mol. The molecule has 0 fully saturated rings. The molecule has 2 nitrogen and oxygen atoms in total. The monoisotopic (exact) mass is 435 g/mol. The molecule has 0 aliphatic heterocycles. The van der Waals surface area contributed by atoms with Crippen LogP contribution >= 0.6 is 0 Å². The van der Waals surface area contributed by atoms with Gasteiger partial charge in [0.25, 0.3) is 0 Å². The maximum atomic E-state index is 5.68. The van der Waals surface area contributed by atoms with Gasteiger partial charge in [0, 0.05) is 24.2 Å². The minimum Gasteiger partial charge on any atom is -0.497 e. The number of unbranched alkanes of at least 4 members (excludes halogenated alkanes) is 4. The molecular weight excluding hydrogens is 390 g/mol. The predicted molar refractivity (Wildman–Crippen MR) is 140 cm³/mol. The van der Waals surface area contributed by atoms with Gasteiger partial charge in [0.05, 0.1) is 7.11 Å². The standard InChI is InChI=1S/C30H45NO/c1-6-10-18-30(19-11-7-2)28-22-24(31(20-12-8-3)21-13-9-4)14-16-26(28)27-17-15-25(32-5)23-29(27)30/h14-17,22-23H,6-13,18-21H2,1-5H3. The van der Waals surface area contributed by atoms with Crippen LogP contribution in [0.3, 0.4) is 0 Å². The lowest BCUT2D eigenvalue weighted by Gasteiger charge is -2.34. The topological polar surface area (TPSA) is 12.5 Å². The zero-order valence-corrected chi connectivity index (χ0v) is 21.3. The van der Waals surface area contributed by atoms with Gasteiger partial charge in [0.15, 0.2) is 0 Å². The smallest absolute Gasteiger partial charge is 0.119 e. The number of hydrogen-bond acceptors (Lipinski definition) is 2. The minimum absolute atomic E-state index is 0.114. The van der Waals surface area contributed by atoms with Crippen LogP contribution in [0.25, 0.3) is 11.1 Å². The molecule has 3 rings (SSSR count). The van der Waals surface area contributed by atoms with Crippen LogP contribution in [0, 0.1) is 0 Å². The second kappa shape index (κ2) is 11.8.